The molecule has 0 radical (unpaired) electrons. The van der Waals surface area contributed by atoms with Crippen LogP contribution in [0.4, 0.5) is 0 Å². The van der Waals surface area contributed by atoms with Crippen LogP contribution < -0.4 is 14.6 Å². The average Bonchev–Trinajstić information content (AvgIpc) is 3.21. The summed E-state index contributed by atoms with van der Waals surface area (Å²) >= 11 is 0. The van der Waals surface area contributed by atoms with Crippen molar-refractivity contribution in [2.24, 2.45) is 0 Å². The third-order valence-electron chi connectivity index (χ3n) is 10.4. The number of phenols is 1. The Bertz CT molecular complexity index is 1880. The Morgan fingerprint density at radius 1 is 0.492 bits per heavy atom. The number of rotatable bonds is 28. The minimum absolute atomic E-state index is 0. The summed E-state index contributed by atoms with van der Waals surface area (Å²) in [5.41, 5.74) is 0.816. The molecule has 0 aliphatic carbocycles. The van der Waals surface area contributed by atoms with Gasteiger partial charge >= 0.3 is 37.7 Å². The normalized spacial score (nSPS) is 11.3. The van der Waals surface area contributed by atoms with Crippen molar-refractivity contribution in [2.75, 3.05) is 0 Å². The smallest absolute Gasteiger partial charge is 0.870 e. The standard InChI is InChI=1S/2C24H34O5S.Ca/c2*1-2-3-4-5-6-7-8-9-10-12-15-20-18-19-22(25)23(24(20)30(26,27)28)29-21-16-13-11-14-17-21;/h2*11,13-14,16-19,25H,2-10,12,15H2,1H3,(H,26,27,28);/q;;+2/p-2. The summed E-state index contributed by atoms with van der Waals surface area (Å²) in [4.78, 5) is -0.864. The quantitative estimate of drug-likeness (QED) is 0.0317. The molecule has 0 heterocycles. The molecule has 0 aliphatic heterocycles. The van der Waals surface area contributed by atoms with Crippen LogP contribution in [0.1, 0.15) is 153 Å². The van der Waals surface area contributed by atoms with E-state index in [1.165, 1.54) is 108 Å². The second-order valence-electron chi connectivity index (χ2n) is 15.4. The SMILES string of the molecule is CCCCCCCCCCCCc1ccc(O)c(Oc2ccccc2)c1S(=O)(=O)O.CCCCCCCCCCCCc1ccc([O-])c(Oc2ccccc2)c1S(=O)(=O)[O-].[Ca+2]. The Balaban J connectivity index is 0.000000413. The van der Waals surface area contributed by atoms with E-state index in [1.807, 2.05) is 0 Å². The number of hydrogen-bond donors (Lipinski definition) is 2. The zero-order chi connectivity index (χ0) is 43.6. The van der Waals surface area contributed by atoms with Gasteiger partial charge in [-0.1, -0.05) is 190 Å². The number of aryl methyl sites for hydroxylation is 2. The summed E-state index contributed by atoms with van der Waals surface area (Å²) in [5, 5.41) is 22.4. The van der Waals surface area contributed by atoms with E-state index in [9.17, 15) is 36.2 Å². The number of ether oxygens (including phenoxy) is 2. The minimum atomic E-state index is -4.84. The first-order chi connectivity index (χ1) is 28.9. The molecule has 0 bridgehead atoms. The van der Waals surface area contributed by atoms with Crippen LogP contribution in [-0.2, 0) is 33.1 Å². The van der Waals surface area contributed by atoms with Crippen LogP contribution in [0.25, 0.3) is 0 Å². The van der Waals surface area contributed by atoms with Crippen LogP contribution in [0.3, 0.4) is 0 Å². The summed E-state index contributed by atoms with van der Waals surface area (Å²) in [6.45, 7) is 4.43. The van der Waals surface area contributed by atoms with Gasteiger partial charge in [-0.3, -0.25) is 4.55 Å². The van der Waals surface area contributed by atoms with Gasteiger partial charge in [0.15, 0.2) is 11.5 Å². The molecule has 0 amide bonds. The van der Waals surface area contributed by atoms with Crippen molar-refractivity contribution in [1.29, 1.82) is 0 Å². The summed E-state index contributed by atoms with van der Waals surface area (Å²) in [6.07, 6.45) is 24.4. The van der Waals surface area contributed by atoms with E-state index in [4.69, 9.17) is 9.47 Å². The fourth-order valence-electron chi connectivity index (χ4n) is 7.14. The Morgan fingerprint density at radius 2 is 0.852 bits per heavy atom. The molecule has 0 aliphatic rings. The zero-order valence-electron chi connectivity index (χ0n) is 36.3. The van der Waals surface area contributed by atoms with Crippen LogP contribution in [-0.4, -0.2) is 68.8 Å². The predicted octanol–water partition coefficient (Wildman–Crippen LogP) is 12.4. The molecule has 4 rings (SSSR count). The molecule has 0 saturated heterocycles. The molecular formula is C48H66CaO10S2. The first kappa shape index (κ1) is 54.3. The molecule has 0 spiro atoms. The van der Waals surface area contributed by atoms with Crippen LogP contribution in [0.15, 0.2) is 94.7 Å². The van der Waals surface area contributed by atoms with Crippen molar-refractivity contribution >= 4 is 58.0 Å². The topological polar surface area (TPSA) is 173 Å². The molecule has 13 heteroatoms. The molecule has 0 atom stereocenters. The van der Waals surface area contributed by atoms with E-state index in [0.29, 0.717) is 35.5 Å². The number of benzene rings is 4. The minimum Gasteiger partial charge on any atom is -0.870 e. The van der Waals surface area contributed by atoms with Gasteiger partial charge in [0.05, 0.1) is 4.90 Å². The van der Waals surface area contributed by atoms with Gasteiger partial charge in [0.1, 0.15) is 32.3 Å². The zero-order valence-corrected chi connectivity index (χ0v) is 40.2. The van der Waals surface area contributed by atoms with Crippen LogP contribution in [0.2, 0.25) is 0 Å². The van der Waals surface area contributed by atoms with Crippen molar-refractivity contribution in [2.45, 2.75) is 165 Å². The third-order valence-corrected chi connectivity index (χ3v) is 12.3. The molecule has 0 aromatic heterocycles. The van der Waals surface area contributed by atoms with Gasteiger partial charge < -0.3 is 24.2 Å². The van der Waals surface area contributed by atoms with Gasteiger partial charge in [-0.05, 0) is 67.1 Å². The van der Waals surface area contributed by atoms with E-state index < -0.39 is 36.6 Å². The van der Waals surface area contributed by atoms with Crippen molar-refractivity contribution in [3.05, 3.63) is 96.1 Å². The average molecular weight is 907 g/mol. The van der Waals surface area contributed by atoms with Crippen molar-refractivity contribution in [3.63, 3.8) is 0 Å². The van der Waals surface area contributed by atoms with Crippen molar-refractivity contribution in [1.82, 2.24) is 0 Å². The number of hydrogen-bond acceptors (Lipinski definition) is 9. The fraction of sp³-hybridized carbons (Fsp3) is 0.500. The van der Waals surface area contributed by atoms with Gasteiger partial charge in [-0.25, -0.2) is 8.42 Å². The van der Waals surface area contributed by atoms with Crippen molar-refractivity contribution in [3.8, 4) is 34.5 Å². The summed E-state index contributed by atoms with van der Waals surface area (Å²) in [7, 11) is -9.40. The molecule has 4 aromatic carbocycles. The van der Waals surface area contributed by atoms with Gasteiger partial charge in [-0.15, -0.1) is 0 Å². The maximum Gasteiger partial charge on any atom is 2.00 e. The Labute approximate surface area is 396 Å². The van der Waals surface area contributed by atoms with Crippen LogP contribution in [0.5, 0.6) is 34.5 Å². The fourth-order valence-corrected chi connectivity index (χ4v) is 8.89. The second kappa shape index (κ2) is 30.3. The maximum atomic E-state index is 12.3. The van der Waals surface area contributed by atoms with Gasteiger partial charge in [0.25, 0.3) is 10.1 Å². The molecule has 10 nitrogen and oxygen atoms in total. The van der Waals surface area contributed by atoms with Crippen LogP contribution in [0, 0.1) is 0 Å². The molecule has 4 aromatic rings. The molecule has 0 fully saturated rings. The first-order valence-corrected chi connectivity index (χ1v) is 24.8. The molecule has 0 unspecified atom stereocenters. The first-order valence-electron chi connectivity index (χ1n) is 21.9. The maximum absolute atomic E-state index is 12.3. The van der Waals surface area contributed by atoms with E-state index in [1.54, 1.807) is 66.7 Å². The van der Waals surface area contributed by atoms with Crippen molar-refractivity contribution < 1.29 is 45.6 Å². The largest absolute Gasteiger partial charge is 2.00 e. The summed E-state index contributed by atoms with van der Waals surface area (Å²) in [6, 6.07) is 22.7. The van der Waals surface area contributed by atoms with Gasteiger partial charge in [0, 0.05) is 0 Å². The van der Waals surface area contributed by atoms with Crippen LogP contribution >= 0.6 is 0 Å². The Morgan fingerprint density at radius 3 is 1.25 bits per heavy atom. The van der Waals surface area contributed by atoms with E-state index in [0.717, 1.165) is 38.5 Å². The monoisotopic (exact) mass is 906 g/mol. The molecule has 61 heavy (non-hydrogen) atoms. The van der Waals surface area contributed by atoms with E-state index >= 15 is 0 Å². The second-order valence-corrected chi connectivity index (χ2v) is 18.1. The molecular weight excluding hydrogens is 841 g/mol. The molecule has 0 saturated carbocycles. The summed E-state index contributed by atoms with van der Waals surface area (Å²) in [5.74, 6) is -0.864. The predicted molar refractivity (Wildman–Crippen MR) is 242 cm³/mol. The Hall–Kier alpha value is -2.84. The Kier molecular flexibility index (Phi) is 27.0. The number of para-hydroxylation sites is 2. The van der Waals surface area contributed by atoms with E-state index in [2.05, 4.69) is 13.8 Å². The summed E-state index contributed by atoms with van der Waals surface area (Å²) < 4.78 is 80.8. The molecule has 332 valence electrons. The number of unbranched alkanes of at least 4 members (excludes halogenated alkanes) is 18. The van der Waals surface area contributed by atoms with Gasteiger partial charge in [0.2, 0.25) is 0 Å². The number of aromatic hydroxyl groups is 1. The molecule has 2 N–H and O–H groups in total. The third kappa shape index (κ3) is 20.9. The number of phenolic OH excluding ortho intramolecular Hbond substituents is 1. The van der Waals surface area contributed by atoms with Gasteiger partial charge in [-0.2, -0.15) is 8.42 Å². The van der Waals surface area contributed by atoms with E-state index in [-0.39, 0.29) is 54.1 Å².